The summed E-state index contributed by atoms with van der Waals surface area (Å²) in [7, 11) is 1.28. The predicted molar refractivity (Wildman–Crippen MR) is 163 cm³/mol. The number of rotatable bonds is 10. The molecule has 0 aliphatic carbocycles. The van der Waals surface area contributed by atoms with Crippen LogP contribution >= 0.6 is 0 Å². The molecular formula is C31H39F2N5O5. The van der Waals surface area contributed by atoms with Gasteiger partial charge in [-0.25, -0.2) is 14.4 Å². The lowest BCUT2D eigenvalue weighted by Gasteiger charge is -2.13. The van der Waals surface area contributed by atoms with Crippen molar-refractivity contribution in [2.75, 3.05) is 19.0 Å². The molecule has 0 bridgehead atoms. The molecule has 2 aromatic carbocycles. The molecule has 232 valence electrons. The SMILES string of the molecule is C=O.CC.CCCCCNC(=O)c1ccc(Nc2nccn3c(-c4ccc(OC)c(F)c4F)cnc23)cc1CC.O=CO. The van der Waals surface area contributed by atoms with Gasteiger partial charge < -0.3 is 25.3 Å². The van der Waals surface area contributed by atoms with Crippen molar-refractivity contribution in [2.45, 2.75) is 53.4 Å². The van der Waals surface area contributed by atoms with E-state index in [1.54, 1.807) is 22.9 Å². The zero-order valence-corrected chi connectivity index (χ0v) is 25.1. The van der Waals surface area contributed by atoms with E-state index in [0.717, 1.165) is 30.5 Å². The molecule has 2 aromatic heterocycles. The maximum atomic E-state index is 14.7. The maximum Gasteiger partial charge on any atom is 0.290 e. The average Bonchev–Trinajstić information content (AvgIpc) is 3.48. The minimum atomic E-state index is -1.06. The molecule has 12 heteroatoms. The number of carboxylic acid groups (broad SMARTS) is 1. The van der Waals surface area contributed by atoms with Crippen molar-refractivity contribution in [3.63, 3.8) is 0 Å². The molecule has 0 saturated heterocycles. The van der Waals surface area contributed by atoms with Gasteiger partial charge in [-0.15, -0.1) is 0 Å². The van der Waals surface area contributed by atoms with Crippen LogP contribution in [0.1, 0.15) is 62.9 Å². The fraction of sp³-hybridized carbons (Fsp3) is 0.323. The summed E-state index contributed by atoms with van der Waals surface area (Å²) in [5, 5.41) is 13.1. The lowest BCUT2D eigenvalue weighted by atomic mass is 10.0. The molecule has 0 unspecified atom stereocenters. The number of hydrogen-bond donors (Lipinski definition) is 3. The van der Waals surface area contributed by atoms with E-state index in [0.29, 0.717) is 35.7 Å². The Kier molecular flexibility index (Phi) is 16.2. The molecule has 43 heavy (non-hydrogen) atoms. The number of benzene rings is 2. The van der Waals surface area contributed by atoms with Crippen molar-refractivity contribution >= 4 is 36.3 Å². The monoisotopic (exact) mass is 599 g/mol. The smallest absolute Gasteiger partial charge is 0.290 e. The number of methoxy groups -OCH3 is 1. The number of ether oxygens (including phenoxy) is 1. The van der Waals surface area contributed by atoms with Crippen molar-refractivity contribution in [1.29, 1.82) is 0 Å². The highest BCUT2D eigenvalue weighted by atomic mass is 19.2. The number of nitrogens with zero attached hydrogens (tertiary/aromatic N) is 3. The number of nitrogens with one attached hydrogen (secondary N) is 2. The van der Waals surface area contributed by atoms with Gasteiger partial charge in [0.2, 0.25) is 5.82 Å². The summed E-state index contributed by atoms with van der Waals surface area (Å²) in [6.07, 6.45) is 8.47. The summed E-state index contributed by atoms with van der Waals surface area (Å²) in [5.41, 5.74) is 3.16. The number of carbonyl (C=O) groups is 3. The number of hydrogen-bond acceptors (Lipinski definition) is 7. The van der Waals surface area contributed by atoms with Gasteiger partial charge >= 0.3 is 0 Å². The first-order valence-corrected chi connectivity index (χ1v) is 13.8. The lowest BCUT2D eigenvalue weighted by molar-refractivity contribution is -0.122. The Morgan fingerprint density at radius 3 is 2.42 bits per heavy atom. The Bertz CT molecular complexity index is 1460. The molecule has 10 nitrogen and oxygen atoms in total. The van der Waals surface area contributed by atoms with Crippen molar-refractivity contribution in [3.8, 4) is 17.0 Å². The van der Waals surface area contributed by atoms with Crippen molar-refractivity contribution in [3.05, 3.63) is 71.7 Å². The second-order valence-corrected chi connectivity index (χ2v) is 8.48. The van der Waals surface area contributed by atoms with Crippen LogP contribution in [0.4, 0.5) is 20.3 Å². The van der Waals surface area contributed by atoms with Crippen LogP contribution in [0.15, 0.2) is 48.9 Å². The summed E-state index contributed by atoms with van der Waals surface area (Å²) < 4.78 is 35.5. The standard InChI is InChI=1S/C27H29F2N5O2.C2H6.CH2O2.CH2O/c1-4-6-7-12-31-27(35)19-9-8-18(15-17(19)5-2)33-25-26-32-16-21(34(26)14-13-30-25)20-10-11-22(36-3)24(29)23(20)28;1-2;2-1-3;1-2/h8-11,13-16H,4-7,12H2,1-3H3,(H,30,33)(H,31,35);1-2H3;1H,(H,2,3);1H2. The third-order valence-corrected chi connectivity index (χ3v) is 6.03. The molecule has 0 saturated carbocycles. The highest BCUT2D eigenvalue weighted by Crippen LogP contribution is 2.31. The molecule has 1 amide bonds. The highest BCUT2D eigenvalue weighted by molar-refractivity contribution is 5.96. The number of aromatic nitrogens is 3. The molecule has 0 fully saturated rings. The second-order valence-electron chi connectivity index (χ2n) is 8.48. The van der Waals surface area contributed by atoms with Gasteiger partial charge in [0.05, 0.1) is 19.0 Å². The summed E-state index contributed by atoms with van der Waals surface area (Å²) in [6.45, 7) is 10.5. The zero-order chi connectivity index (χ0) is 32.4. The molecule has 4 rings (SSSR count). The summed E-state index contributed by atoms with van der Waals surface area (Å²) in [4.78, 5) is 37.8. The molecule has 2 heterocycles. The van der Waals surface area contributed by atoms with Gasteiger partial charge in [-0.3, -0.25) is 14.0 Å². The molecule has 3 N–H and O–H groups in total. The summed E-state index contributed by atoms with van der Waals surface area (Å²) in [6, 6.07) is 8.35. The van der Waals surface area contributed by atoms with Crippen LogP contribution in [0.2, 0.25) is 0 Å². The summed E-state index contributed by atoms with van der Waals surface area (Å²) >= 11 is 0. The topological polar surface area (TPSA) is 135 Å². The number of imidazole rings is 1. The highest BCUT2D eigenvalue weighted by Gasteiger charge is 2.19. The minimum absolute atomic E-state index is 0.0560. The van der Waals surface area contributed by atoms with Gasteiger partial charge in [-0.05, 0) is 48.7 Å². The van der Waals surface area contributed by atoms with Crippen molar-refractivity contribution in [1.82, 2.24) is 19.7 Å². The quantitative estimate of drug-likeness (QED) is 0.140. The molecule has 0 radical (unpaired) electrons. The normalized spacial score (nSPS) is 9.74. The fourth-order valence-electron chi connectivity index (χ4n) is 4.09. The second kappa shape index (κ2) is 19.3. The Morgan fingerprint density at radius 1 is 1.09 bits per heavy atom. The van der Waals surface area contributed by atoms with E-state index in [1.807, 2.05) is 39.7 Å². The lowest BCUT2D eigenvalue weighted by Crippen LogP contribution is -2.25. The Morgan fingerprint density at radius 2 is 1.79 bits per heavy atom. The number of anilines is 2. The first-order valence-electron chi connectivity index (χ1n) is 13.8. The molecule has 4 aromatic rings. The molecule has 0 atom stereocenters. The van der Waals surface area contributed by atoms with E-state index in [4.69, 9.17) is 19.4 Å². The number of aryl methyl sites for hydroxylation is 1. The average molecular weight is 600 g/mol. The van der Waals surface area contributed by atoms with Crippen LogP contribution in [0.5, 0.6) is 5.75 Å². The van der Waals surface area contributed by atoms with Crippen LogP contribution in [-0.2, 0) is 16.0 Å². The van der Waals surface area contributed by atoms with Crippen LogP contribution in [0, 0.1) is 11.6 Å². The van der Waals surface area contributed by atoms with Gasteiger partial charge in [-0.1, -0.05) is 40.5 Å². The van der Waals surface area contributed by atoms with E-state index in [2.05, 4.69) is 27.5 Å². The Hall–Kier alpha value is -4.87. The van der Waals surface area contributed by atoms with E-state index in [1.165, 1.54) is 25.4 Å². The van der Waals surface area contributed by atoms with Crippen molar-refractivity contribution in [2.24, 2.45) is 0 Å². The van der Waals surface area contributed by atoms with Gasteiger partial charge in [0.1, 0.15) is 6.79 Å². The minimum Gasteiger partial charge on any atom is -0.494 e. The Labute approximate surface area is 250 Å². The number of amides is 1. The van der Waals surface area contributed by atoms with E-state index in [9.17, 15) is 13.6 Å². The van der Waals surface area contributed by atoms with E-state index < -0.39 is 11.6 Å². The molecule has 0 aliphatic rings. The van der Waals surface area contributed by atoms with Gasteiger partial charge in [0, 0.05) is 35.8 Å². The summed E-state index contributed by atoms with van der Waals surface area (Å²) in [5.74, 6) is -1.88. The van der Waals surface area contributed by atoms with Crippen LogP contribution in [0.3, 0.4) is 0 Å². The van der Waals surface area contributed by atoms with Crippen molar-refractivity contribution < 1.29 is 33.0 Å². The molecule has 0 aliphatic heterocycles. The Balaban J connectivity index is 0.00000122. The third kappa shape index (κ3) is 9.32. The zero-order valence-electron chi connectivity index (χ0n) is 25.1. The first kappa shape index (κ1) is 36.2. The largest absolute Gasteiger partial charge is 0.494 e. The number of carbonyl (C=O) groups excluding carboxylic acids is 2. The van der Waals surface area contributed by atoms with Crippen LogP contribution in [0.25, 0.3) is 16.9 Å². The van der Waals surface area contributed by atoms with Crippen LogP contribution in [-0.4, -0.2) is 52.3 Å². The third-order valence-electron chi connectivity index (χ3n) is 6.03. The van der Waals surface area contributed by atoms with E-state index in [-0.39, 0.29) is 23.7 Å². The number of unbranched alkanes of at least 4 members (excludes halogenated alkanes) is 2. The van der Waals surface area contributed by atoms with Crippen LogP contribution < -0.4 is 15.4 Å². The molecular weight excluding hydrogens is 560 g/mol. The maximum absolute atomic E-state index is 14.7. The molecule has 0 spiro atoms. The fourth-order valence-corrected chi connectivity index (χ4v) is 4.09. The van der Waals surface area contributed by atoms with Gasteiger partial charge in [0.15, 0.2) is 23.0 Å². The number of halogens is 2. The van der Waals surface area contributed by atoms with E-state index >= 15 is 0 Å². The number of fused-ring (bicyclic) bond motifs is 1. The predicted octanol–water partition coefficient (Wildman–Crippen LogP) is 6.45. The first-order chi connectivity index (χ1) is 20.9. The van der Waals surface area contributed by atoms with Gasteiger partial charge in [-0.2, -0.15) is 4.39 Å². The van der Waals surface area contributed by atoms with Gasteiger partial charge in [0.25, 0.3) is 12.4 Å².